The second-order valence-corrected chi connectivity index (χ2v) is 34.7. The summed E-state index contributed by atoms with van der Waals surface area (Å²) < 4.78 is 30.0. The van der Waals surface area contributed by atoms with Gasteiger partial charge in [0.25, 0.3) is 0 Å². The first-order valence-corrected chi connectivity index (χ1v) is 40.2. The highest BCUT2D eigenvalue weighted by molar-refractivity contribution is 6.71. The van der Waals surface area contributed by atoms with E-state index in [4.69, 9.17) is 23.7 Å². The van der Waals surface area contributed by atoms with Crippen LogP contribution < -0.4 is 0 Å². The smallest absolute Gasteiger partial charge is 0.307 e. The molecule has 0 spiro atoms. The van der Waals surface area contributed by atoms with E-state index in [0.29, 0.717) is 6.42 Å². The molecular weight excluding hydrogens is 1360 g/mol. The average Bonchev–Trinajstić information content (AvgIpc) is 1.41. The van der Waals surface area contributed by atoms with Crippen LogP contribution in [0.2, 0.25) is 0 Å². The lowest BCUT2D eigenvalue weighted by Crippen LogP contribution is -2.53. The van der Waals surface area contributed by atoms with Crippen molar-refractivity contribution < 1.29 is 47.7 Å². The number of carbonyl (C=O) groups is 5. The first kappa shape index (κ1) is 56.3. The fraction of sp³-hybridized carbons (Fsp3) is 0.230. The Kier molecular flexibility index (Phi) is 8.57. The van der Waals surface area contributed by atoms with Crippen molar-refractivity contribution in [3.05, 3.63) is 159 Å². The van der Waals surface area contributed by atoms with Crippen LogP contribution in [0.15, 0.2) is 125 Å². The fourth-order valence-corrected chi connectivity index (χ4v) is 29.6. The number of benzene rings is 16. The van der Waals surface area contributed by atoms with Crippen LogP contribution in [0.4, 0.5) is 0 Å². The van der Waals surface area contributed by atoms with Crippen LogP contribution >= 0.6 is 0 Å². The summed E-state index contributed by atoms with van der Waals surface area (Å²) in [6.45, 7) is 10.2. The minimum atomic E-state index is -1.12. The van der Waals surface area contributed by atoms with Gasteiger partial charge in [-0.15, -0.1) is 0 Å². The number of esters is 5. The number of carbonyl (C=O) groups excluding carboxylic acids is 5. The summed E-state index contributed by atoms with van der Waals surface area (Å²) in [6.07, 6.45) is 2.99. The van der Waals surface area contributed by atoms with Gasteiger partial charge in [0.15, 0.2) is 0 Å². The lowest BCUT2D eigenvalue weighted by Gasteiger charge is -2.56. The summed E-state index contributed by atoms with van der Waals surface area (Å²) in [4.78, 5) is 73.7. The first-order valence-electron chi connectivity index (χ1n) is 40.2. The van der Waals surface area contributed by atoms with Crippen molar-refractivity contribution in [2.75, 3.05) is 33.0 Å². The molecule has 1 saturated carbocycles. The molecule has 0 saturated heterocycles. The Morgan fingerprint density at radius 2 is 0.636 bits per heavy atom. The lowest BCUT2D eigenvalue weighted by atomic mass is 9.45. The van der Waals surface area contributed by atoms with Gasteiger partial charge in [0.05, 0.1) is 69.5 Å². The van der Waals surface area contributed by atoms with Crippen LogP contribution in [0, 0.1) is 17.8 Å². The highest BCUT2D eigenvalue weighted by Crippen LogP contribution is 2.85. The summed E-state index contributed by atoms with van der Waals surface area (Å²) in [5.74, 6) is -3.21. The van der Waals surface area contributed by atoms with Crippen molar-refractivity contribution in [2.24, 2.45) is 17.8 Å². The first-order chi connectivity index (χ1) is 54.0. The van der Waals surface area contributed by atoms with Gasteiger partial charge in [-0.1, -0.05) is 109 Å². The highest BCUT2D eigenvalue weighted by atomic mass is 16.5. The Bertz CT molecular complexity index is 7890. The molecule has 1 fully saturated rings. The Hall–Kier alpha value is -12.0. The lowest BCUT2D eigenvalue weighted by molar-refractivity contribution is -0.147. The van der Waals surface area contributed by atoms with Gasteiger partial charge in [-0.05, 0) is 346 Å². The van der Waals surface area contributed by atoms with Crippen molar-refractivity contribution >= 4 is 272 Å². The van der Waals surface area contributed by atoms with Crippen molar-refractivity contribution in [3.8, 4) is 0 Å². The zero-order valence-electron chi connectivity index (χ0n) is 60.5. The predicted octanol–water partition coefficient (Wildman–Crippen LogP) is 22.4. The van der Waals surface area contributed by atoms with E-state index in [1.54, 1.807) is 53.9 Å². The predicted molar refractivity (Wildman–Crippen MR) is 438 cm³/mol. The molecular formula is C100H58O10. The van der Waals surface area contributed by atoms with Gasteiger partial charge in [-0.25, -0.2) is 0 Å². The quantitative estimate of drug-likeness (QED) is 0.0555. The topological polar surface area (TPSA) is 132 Å². The second-order valence-electron chi connectivity index (χ2n) is 34.7. The average molecular weight is 1420 g/mol. The number of ether oxygens (including phenoxy) is 5. The Balaban J connectivity index is 0.000000127. The number of hydrogen-bond donors (Lipinski definition) is 0. The maximum Gasteiger partial charge on any atom is 0.307 e. The van der Waals surface area contributed by atoms with Gasteiger partial charge in [0, 0.05) is 23.7 Å². The molecule has 24 aromatic carbocycles. The van der Waals surface area contributed by atoms with Crippen LogP contribution in [0.5, 0.6) is 0 Å². The number of fused-ring (bicyclic) bond motifs is 10. The molecule has 0 amide bonds. The van der Waals surface area contributed by atoms with Gasteiger partial charge in [0.1, 0.15) is 0 Å². The number of hydrogen-bond acceptors (Lipinski definition) is 10. The van der Waals surface area contributed by atoms with E-state index in [-0.39, 0.29) is 107 Å². The molecule has 110 heavy (non-hydrogen) atoms. The molecule has 10 nitrogen and oxygen atoms in total. The molecule has 0 radical (unpaired) electrons. The molecule has 0 bridgehead atoms. The maximum absolute atomic E-state index is 15.2. The SMILES string of the molecule is CCOC(=O)CC1C=C2c3ccc4c5ccc6c7ccc8c9c%10c%11c%12c%13c%14c(c3c4c%13c5c6c%12c97)C2(CC(=O)OCC)C2=C1C1C(=C2[C@@]%14%11CC(=O)OCC)C%10(CC(=O)OCC)C8CC1CC(=O)OCC.c1cc2c3ccc4c5ccc6c7ccc8c9ccc%10c1c1c2c2c3c4c3c5c6c4c7c8c5c9c%10c1c1c2c3c4c51. The second kappa shape index (κ2) is 16.7. The minimum Gasteiger partial charge on any atom is -0.466 e. The Morgan fingerprint density at radius 1 is 0.318 bits per heavy atom. The third kappa shape index (κ3) is 4.91. The molecule has 8 aliphatic carbocycles. The van der Waals surface area contributed by atoms with Gasteiger partial charge in [-0.3, -0.25) is 24.0 Å². The van der Waals surface area contributed by atoms with E-state index in [1.165, 1.54) is 156 Å². The molecule has 24 aromatic rings. The number of rotatable bonds is 15. The van der Waals surface area contributed by atoms with Crippen LogP contribution in [0.1, 0.15) is 112 Å². The van der Waals surface area contributed by atoms with E-state index in [0.717, 1.165) is 88.2 Å². The standard InChI is InChI=1S/C60H48O10.C40H10/c1-6-66-34(61)19-24-17-32-30-15-13-28-26-11-12-27-29-14-16-31-33-18-25(20-35(62)67-7-2)40-39(24)51-57-52(40)59(33,22-37(64)69-9-4)54-46(31)44(29)48-42(27)41(26)47-43(28)45(30)53(58(32,51)21-36(63)68-8-3)55-49(47)50(48)56(54)60(55,57)23-38(65)70-10-5;1-2-12-14-5-6-16-18-9-10-20-19-8-7-17-15-4-3-13-11(1)21-22(12)32-24(14)26(16)34-29(18)30(20)35-28(19)27(17)33-25(15)23(13)31(21)36-37(32)39(34)40(35)38(33)36/h11-17,24-25,33,40H,6-10,18-23H2,1-5H3;1-10H/t24?,25?,33?,40?,58?,59?,60-;/m0./s1. The summed E-state index contributed by atoms with van der Waals surface area (Å²) in [5, 5.41) is 62.0. The van der Waals surface area contributed by atoms with E-state index in [9.17, 15) is 19.2 Å². The highest BCUT2D eigenvalue weighted by Gasteiger charge is 2.76. The van der Waals surface area contributed by atoms with Gasteiger partial charge in [0.2, 0.25) is 0 Å². The Labute approximate surface area is 621 Å². The van der Waals surface area contributed by atoms with E-state index in [1.807, 2.05) is 34.6 Å². The van der Waals surface area contributed by atoms with Gasteiger partial charge in [-0.2, -0.15) is 0 Å². The largest absolute Gasteiger partial charge is 0.466 e. The zero-order valence-corrected chi connectivity index (χ0v) is 60.5. The monoisotopic (exact) mass is 1420 g/mol. The van der Waals surface area contributed by atoms with E-state index < -0.39 is 28.1 Å². The van der Waals surface area contributed by atoms with Crippen LogP contribution in [-0.4, -0.2) is 62.9 Å². The third-order valence-corrected chi connectivity index (χ3v) is 31.6. The van der Waals surface area contributed by atoms with Crippen molar-refractivity contribution in [1.82, 2.24) is 0 Å². The summed E-state index contributed by atoms with van der Waals surface area (Å²) in [5.41, 5.74) is 8.25. The maximum atomic E-state index is 15.2. The summed E-state index contributed by atoms with van der Waals surface area (Å²) in [6, 6.07) is 38.2. The molecule has 32 rings (SSSR count). The van der Waals surface area contributed by atoms with Crippen molar-refractivity contribution in [3.63, 3.8) is 0 Å². The molecule has 8 aliphatic rings. The van der Waals surface area contributed by atoms with Gasteiger partial charge < -0.3 is 23.7 Å². The van der Waals surface area contributed by atoms with E-state index in [2.05, 4.69) is 103 Å². The molecule has 0 aromatic heterocycles. The molecule has 10 heteroatoms. The molecule has 7 atom stereocenters. The van der Waals surface area contributed by atoms with Crippen LogP contribution in [0.3, 0.4) is 0 Å². The van der Waals surface area contributed by atoms with E-state index >= 15 is 4.79 Å². The van der Waals surface area contributed by atoms with Crippen LogP contribution in [0.25, 0.3) is 243 Å². The normalized spacial score (nSPS) is 23.0. The van der Waals surface area contributed by atoms with Crippen molar-refractivity contribution in [2.45, 2.75) is 95.3 Å². The number of allylic oxidation sites excluding steroid dienone is 6. The van der Waals surface area contributed by atoms with Gasteiger partial charge >= 0.3 is 29.8 Å². The summed E-state index contributed by atoms with van der Waals surface area (Å²) >= 11 is 0. The molecule has 6 unspecified atom stereocenters. The molecule has 0 heterocycles. The van der Waals surface area contributed by atoms with Crippen LogP contribution in [-0.2, 0) is 63.9 Å². The third-order valence-electron chi connectivity index (χ3n) is 31.6. The minimum absolute atomic E-state index is 0.00104. The van der Waals surface area contributed by atoms with Crippen molar-refractivity contribution in [1.29, 1.82) is 0 Å². The molecule has 518 valence electrons. The molecule has 0 aliphatic heterocycles. The zero-order chi connectivity index (χ0) is 71.8. The Morgan fingerprint density at radius 3 is 1.05 bits per heavy atom. The molecule has 0 N–H and O–H groups in total. The summed E-state index contributed by atoms with van der Waals surface area (Å²) in [7, 11) is 0. The fourth-order valence-electron chi connectivity index (χ4n) is 29.6.